The van der Waals surface area contributed by atoms with Gasteiger partial charge in [-0.05, 0) is 40.2 Å². The van der Waals surface area contributed by atoms with E-state index in [0.717, 1.165) is 14.5 Å². The van der Waals surface area contributed by atoms with Gasteiger partial charge in [0, 0.05) is 16.6 Å². The molecule has 1 aromatic carbocycles. The summed E-state index contributed by atoms with van der Waals surface area (Å²) in [4.78, 5) is 0. The normalized spacial score (nSPS) is 10.3. The van der Waals surface area contributed by atoms with E-state index in [-0.39, 0.29) is 0 Å². The molecule has 0 saturated heterocycles. The van der Waals surface area contributed by atoms with Crippen molar-refractivity contribution in [2.24, 2.45) is 5.73 Å². The molecule has 0 amide bonds. The molecule has 0 spiro atoms. The van der Waals surface area contributed by atoms with Crippen LogP contribution in [0.2, 0.25) is 0 Å². The van der Waals surface area contributed by atoms with Crippen LogP contribution >= 0.6 is 31.9 Å². The zero-order chi connectivity index (χ0) is 12.3. The van der Waals surface area contributed by atoms with Crippen molar-refractivity contribution in [2.75, 3.05) is 0 Å². The van der Waals surface area contributed by atoms with Crippen LogP contribution < -0.4 is 10.5 Å². The zero-order valence-electron chi connectivity index (χ0n) is 8.73. The number of rotatable bonds is 3. The lowest BCUT2D eigenvalue weighted by Crippen LogP contribution is -2.02. The number of nitrogens with two attached hydrogens (primary N) is 1. The molecule has 0 fully saturated rings. The summed E-state index contributed by atoms with van der Waals surface area (Å²) in [6, 6.07) is 7.41. The molecule has 17 heavy (non-hydrogen) atoms. The molecule has 4 nitrogen and oxygen atoms in total. The first-order chi connectivity index (χ1) is 8.20. The first kappa shape index (κ1) is 12.5. The third-order valence-corrected chi connectivity index (χ3v) is 3.20. The fraction of sp³-hybridized carbons (Fsp3) is 0.0909. The predicted molar refractivity (Wildman–Crippen MR) is 71.8 cm³/mol. The van der Waals surface area contributed by atoms with E-state index >= 15 is 0 Å². The van der Waals surface area contributed by atoms with Crippen LogP contribution in [0.3, 0.4) is 0 Å². The molecule has 88 valence electrons. The molecule has 2 aromatic rings. The van der Waals surface area contributed by atoms with Crippen molar-refractivity contribution in [3.05, 3.63) is 45.0 Å². The van der Waals surface area contributed by atoms with Crippen molar-refractivity contribution in [3.63, 3.8) is 0 Å². The lowest BCUT2D eigenvalue weighted by Gasteiger charge is -2.09. The van der Waals surface area contributed by atoms with E-state index in [1.807, 2.05) is 18.2 Å². The average Bonchev–Trinajstić information content (AvgIpc) is 2.33. The summed E-state index contributed by atoms with van der Waals surface area (Å²) in [6.07, 6.45) is 1.59. The van der Waals surface area contributed by atoms with E-state index in [1.54, 1.807) is 12.3 Å². The fourth-order valence-corrected chi connectivity index (χ4v) is 2.38. The topological polar surface area (TPSA) is 61.0 Å². The second-order valence-corrected chi connectivity index (χ2v) is 5.01. The monoisotopic (exact) mass is 357 g/mol. The van der Waals surface area contributed by atoms with Gasteiger partial charge in [-0.2, -0.15) is 5.10 Å². The van der Waals surface area contributed by atoms with Crippen LogP contribution in [-0.4, -0.2) is 10.2 Å². The van der Waals surface area contributed by atoms with Crippen LogP contribution in [0, 0.1) is 0 Å². The maximum absolute atomic E-state index is 5.66. The van der Waals surface area contributed by atoms with Gasteiger partial charge in [0.05, 0.1) is 10.7 Å². The molecule has 0 radical (unpaired) electrons. The number of ether oxygens (including phenoxy) is 1. The van der Waals surface area contributed by atoms with Gasteiger partial charge in [-0.3, -0.25) is 0 Å². The Balaban J connectivity index is 2.31. The van der Waals surface area contributed by atoms with Gasteiger partial charge >= 0.3 is 0 Å². The molecule has 0 bridgehead atoms. The molecule has 0 saturated carbocycles. The van der Waals surface area contributed by atoms with E-state index in [9.17, 15) is 0 Å². The van der Waals surface area contributed by atoms with Crippen LogP contribution in [0.25, 0.3) is 0 Å². The predicted octanol–water partition coefficient (Wildman–Crippen LogP) is 3.25. The van der Waals surface area contributed by atoms with E-state index in [2.05, 4.69) is 42.1 Å². The summed E-state index contributed by atoms with van der Waals surface area (Å²) in [7, 11) is 0. The van der Waals surface area contributed by atoms with E-state index in [0.29, 0.717) is 18.2 Å². The first-order valence-corrected chi connectivity index (χ1v) is 6.43. The number of hydrogen-bond acceptors (Lipinski definition) is 4. The van der Waals surface area contributed by atoms with Crippen LogP contribution in [0.15, 0.2) is 39.4 Å². The summed E-state index contributed by atoms with van der Waals surface area (Å²) in [6.45, 7) is 0.360. The Morgan fingerprint density at radius 1 is 1.24 bits per heavy atom. The Morgan fingerprint density at radius 2 is 2.06 bits per heavy atom. The molecule has 1 heterocycles. The second kappa shape index (κ2) is 5.57. The van der Waals surface area contributed by atoms with Gasteiger partial charge in [-0.1, -0.05) is 15.9 Å². The zero-order valence-corrected chi connectivity index (χ0v) is 11.9. The van der Waals surface area contributed by atoms with E-state index in [1.165, 1.54) is 0 Å². The van der Waals surface area contributed by atoms with Crippen molar-refractivity contribution >= 4 is 31.9 Å². The molecule has 0 aliphatic carbocycles. The number of benzene rings is 1. The molecule has 0 aliphatic rings. The summed E-state index contributed by atoms with van der Waals surface area (Å²) in [5.41, 5.74) is 6.41. The SMILES string of the molecule is NCc1ccnnc1Oc1ccc(Br)cc1Br. The molecule has 6 heteroatoms. The molecule has 0 aliphatic heterocycles. The summed E-state index contributed by atoms with van der Waals surface area (Å²) < 4.78 is 7.47. The quantitative estimate of drug-likeness (QED) is 0.914. The minimum Gasteiger partial charge on any atom is -0.436 e. The average molecular weight is 359 g/mol. The van der Waals surface area contributed by atoms with Crippen molar-refractivity contribution in [2.45, 2.75) is 6.54 Å². The number of hydrogen-bond donors (Lipinski definition) is 1. The largest absolute Gasteiger partial charge is 0.436 e. The molecular formula is C11H9Br2N3O. The Bertz CT molecular complexity index is 534. The Hall–Kier alpha value is -0.980. The highest BCUT2D eigenvalue weighted by Crippen LogP contribution is 2.32. The van der Waals surface area contributed by atoms with Crippen molar-refractivity contribution < 1.29 is 4.74 Å². The standard InChI is InChI=1S/C11H9Br2N3O/c12-8-1-2-10(9(13)5-8)17-11-7(6-14)3-4-15-16-11/h1-5H,6,14H2. The Kier molecular flexibility index (Phi) is 4.09. The third-order valence-electron chi connectivity index (χ3n) is 2.09. The molecule has 2 rings (SSSR count). The lowest BCUT2D eigenvalue weighted by molar-refractivity contribution is 0.445. The van der Waals surface area contributed by atoms with Gasteiger partial charge < -0.3 is 10.5 Å². The molecular weight excluding hydrogens is 350 g/mol. The number of aromatic nitrogens is 2. The fourth-order valence-electron chi connectivity index (χ4n) is 1.25. The van der Waals surface area contributed by atoms with Crippen molar-refractivity contribution in [1.82, 2.24) is 10.2 Å². The maximum Gasteiger partial charge on any atom is 0.243 e. The molecule has 1 aromatic heterocycles. The lowest BCUT2D eigenvalue weighted by atomic mass is 10.3. The first-order valence-electron chi connectivity index (χ1n) is 4.84. The highest BCUT2D eigenvalue weighted by Gasteiger charge is 2.08. The Morgan fingerprint density at radius 3 is 2.76 bits per heavy atom. The minimum atomic E-state index is 0.360. The molecule has 2 N–H and O–H groups in total. The van der Waals surface area contributed by atoms with Gasteiger partial charge in [-0.25, -0.2) is 0 Å². The summed E-state index contributed by atoms with van der Waals surface area (Å²) in [5.74, 6) is 1.10. The van der Waals surface area contributed by atoms with Crippen LogP contribution in [-0.2, 0) is 6.54 Å². The summed E-state index contributed by atoms with van der Waals surface area (Å²) in [5, 5.41) is 7.71. The summed E-state index contributed by atoms with van der Waals surface area (Å²) >= 11 is 6.79. The molecule has 0 atom stereocenters. The van der Waals surface area contributed by atoms with Crippen LogP contribution in [0.5, 0.6) is 11.6 Å². The second-order valence-electron chi connectivity index (χ2n) is 3.24. The highest BCUT2D eigenvalue weighted by molar-refractivity contribution is 9.11. The number of halogens is 2. The third kappa shape index (κ3) is 3.02. The smallest absolute Gasteiger partial charge is 0.243 e. The Labute approximate surface area is 115 Å². The number of nitrogens with zero attached hydrogens (tertiary/aromatic N) is 2. The van der Waals surface area contributed by atoms with Gasteiger partial charge in [-0.15, -0.1) is 5.10 Å². The minimum absolute atomic E-state index is 0.360. The van der Waals surface area contributed by atoms with E-state index in [4.69, 9.17) is 10.5 Å². The van der Waals surface area contributed by atoms with Gasteiger partial charge in [0.25, 0.3) is 0 Å². The van der Waals surface area contributed by atoms with Gasteiger partial charge in [0.1, 0.15) is 5.75 Å². The highest BCUT2D eigenvalue weighted by atomic mass is 79.9. The van der Waals surface area contributed by atoms with Crippen LogP contribution in [0.4, 0.5) is 0 Å². The maximum atomic E-state index is 5.66. The van der Waals surface area contributed by atoms with Crippen LogP contribution in [0.1, 0.15) is 5.56 Å². The molecule has 0 unspecified atom stereocenters. The van der Waals surface area contributed by atoms with Gasteiger partial charge in [0.15, 0.2) is 0 Å². The van der Waals surface area contributed by atoms with Gasteiger partial charge in [0.2, 0.25) is 5.88 Å². The van der Waals surface area contributed by atoms with Crippen molar-refractivity contribution in [1.29, 1.82) is 0 Å². The van der Waals surface area contributed by atoms with E-state index < -0.39 is 0 Å². The van der Waals surface area contributed by atoms with Crippen molar-refractivity contribution in [3.8, 4) is 11.6 Å².